The Kier molecular flexibility index (Phi) is 4.80. The van der Waals surface area contributed by atoms with Crippen molar-refractivity contribution in [2.75, 3.05) is 19.5 Å². The van der Waals surface area contributed by atoms with Gasteiger partial charge in [-0.15, -0.1) is 16.8 Å². The number of methoxy groups -OCH3 is 2. The molecule has 1 amide bonds. The lowest BCUT2D eigenvalue weighted by atomic mass is 10.1. The lowest BCUT2D eigenvalue weighted by Crippen LogP contribution is -2.13. The van der Waals surface area contributed by atoms with Gasteiger partial charge in [-0.3, -0.25) is 10.1 Å². The molecule has 1 aromatic heterocycles. The minimum Gasteiger partial charge on any atom is -0.493 e. The van der Waals surface area contributed by atoms with Gasteiger partial charge in [-0.25, -0.2) is 0 Å². The van der Waals surface area contributed by atoms with E-state index < -0.39 is 0 Å². The predicted molar refractivity (Wildman–Crippen MR) is 93.3 cm³/mol. The normalized spacial score (nSPS) is 13.4. The summed E-state index contributed by atoms with van der Waals surface area (Å²) in [6.07, 6.45) is 4.64. The monoisotopic (exact) mass is 345 g/mol. The third kappa shape index (κ3) is 3.41. The molecule has 1 N–H and O–H groups in total. The number of hydrogen-bond donors (Lipinski definition) is 1. The summed E-state index contributed by atoms with van der Waals surface area (Å²) in [7, 11) is 3.12. The molecule has 1 aliphatic rings. The standard InChI is InChI=1S/C17H19N3O3S/c1-4-5-11-8-12(9-13(22-2)14(11)23-3)15(21)18-17-20-19-16(24-17)10-6-7-10/h4,8-10H,1,5-7H2,2-3H3,(H,18,20,21). The summed E-state index contributed by atoms with van der Waals surface area (Å²) in [6, 6.07) is 3.44. The number of anilines is 1. The molecule has 0 aliphatic heterocycles. The van der Waals surface area contributed by atoms with Crippen LogP contribution in [0.4, 0.5) is 5.13 Å². The van der Waals surface area contributed by atoms with Crippen molar-refractivity contribution in [3.05, 3.63) is 40.9 Å². The highest BCUT2D eigenvalue weighted by molar-refractivity contribution is 7.15. The van der Waals surface area contributed by atoms with E-state index in [0.717, 1.165) is 23.4 Å². The summed E-state index contributed by atoms with van der Waals surface area (Å²) in [5, 5.41) is 12.5. The molecule has 1 heterocycles. The van der Waals surface area contributed by atoms with E-state index in [1.54, 1.807) is 32.4 Å². The van der Waals surface area contributed by atoms with Crippen LogP contribution in [-0.4, -0.2) is 30.3 Å². The second-order valence-electron chi connectivity index (χ2n) is 5.54. The molecular formula is C17H19N3O3S. The van der Waals surface area contributed by atoms with Gasteiger partial charge in [-0.05, 0) is 31.4 Å². The first-order valence-corrected chi connectivity index (χ1v) is 8.48. The van der Waals surface area contributed by atoms with Crippen molar-refractivity contribution >= 4 is 22.4 Å². The quantitative estimate of drug-likeness (QED) is 0.779. The van der Waals surface area contributed by atoms with Crippen LogP contribution >= 0.6 is 11.3 Å². The Morgan fingerprint density at radius 1 is 1.38 bits per heavy atom. The second kappa shape index (κ2) is 7.00. The number of amides is 1. The minimum absolute atomic E-state index is 0.250. The maximum atomic E-state index is 12.5. The van der Waals surface area contributed by atoms with Crippen LogP contribution in [0.3, 0.4) is 0 Å². The second-order valence-corrected chi connectivity index (χ2v) is 6.55. The Morgan fingerprint density at radius 2 is 2.17 bits per heavy atom. The Morgan fingerprint density at radius 3 is 2.79 bits per heavy atom. The summed E-state index contributed by atoms with van der Waals surface area (Å²) in [6.45, 7) is 3.74. The average Bonchev–Trinajstić information content (AvgIpc) is 3.34. The summed E-state index contributed by atoms with van der Waals surface area (Å²) in [4.78, 5) is 12.5. The van der Waals surface area contributed by atoms with Crippen molar-refractivity contribution in [1.82, 2.24) is 10.2 Å². The lowest BCUT2D eigenvalue weighted by Gasteiger charge is -2.14. The molecule has 2 aromatic rings. The van der Waals surface area contributed by atoms with Crippen LogP contribution in [0.5, 0.6) is 11.5 Å². The van der Waals surface area contributed by atoms with Crippen molar-refractivity contribution in [1.29, 1.82) is 0 Å². The molecule has 1 fully saturated rings. The molecule has 24 heavy (non-hydrogen) atoms. The minimum atomic E-state index is -0.250. The fourth-order valence-electron chi connectivity index (χ4n) is 2.43. The fraction of sp³-hybridized carbons (Fsp3) is 0.353. The van der Waals surface area contributed by atoms with Crippen LogP contribution in [0.25, 0.3) is 0 Å². The molecule has 0 saturated heterocycles. The molecule has 7 heteroatoms. The zero-order valence-corrected chi connectivity index (χ0v) is 14.5. The zero-order valence-electron chi connectivity index (χ0n) is 13.7. The molecule has 0 radical (unpaired) electrons. The first-order chi connectivity index (χ1) is 11.7. The summed E-state index contributed by atoms with van der Waals surface area (Å²) >= 11 is 1.43. The number of aromatic nitrogens is 2. The predicted octanol–water partition coefficient (Wildman–Crippen LogP) is 3.41. The molecule has 6 nitrogen and oxygen atoms in total. The highest BCUT2D eigenvalue weighted by atomic mass is 32.1. The SMILES string of the molecule is C=CCc1cc(C(=O)Nc2nnc(C3CC3)s2)cc(OC)c1OC. The molecular weight excluding hydrogens is 326 g/mol. The first-order valence-electron chi connectivity index (χ1n) is 7.66. The van der Waals surface area contributed by atoms with Crippen molar-refractivity contribution in [3.63, 3.8) is 0 Å². The van der Waals surface area contributed by atoms with Crippen LogP contribution in [0.2, 0.25) is 0 Å². The molecule has 0 atom stereocenters. The Hall–Kier alpha value is -2.41. The van der Waals surface area contributed by atoms with Gasteiger partial charge in [0.05, 0.1) is 14.2 Å². The van der Waals surface area contributed by atoms with E-state index in [0.29, 0.717) is 34.5 Å². The van der Waals surface area contributed by atoms with Crippen LogP contribution in [-0.2, 0) is 6.42 Å². The van der Waals surface area contributed by atoms with E-state index in [2.05, 4.69) is 22.1 Å². The Labute approximate surface area is 144 Å². The molecule has 0 bridgehead atoms. The van der Waals surface area contributed by atoms with Crippen molar-refractivity contribution < 1.29 is 14.3 Å². The largest absolute Gasteiger partial charge is 0.493 e. The van der Waals surface area contributed by atoms with Gasteiger partial charge in [0, 0.05) is 17.0 Å². The number of rotatable bonds is 7. The molecule has 3 rings (SSSR count). The number of nitrogens with zero attached hydrogens (tertiary/aromatic N) is 2. The number of carbonyl (C=O) groups is 1. The number of ether oxygens (including phenoxy) is 2. The van der Waals surface area contributed by atoms with E-state index in [-0.39, 0.29) is 5.91 Å². The van der Waals surface area contributed by atoms with Crippen molar-refractivity contribution in [2.24, 2.45) is 0 Å². The zero-order chi connectivity index (χ0) is 17.1. The number of benzene rings is 1. The van der Waals surface area contributed by atoms with Crippen LogP contribution < -0.4 is 14.8 Å². The molecule has 1 saturated carbocycles. The number of carbonyl (C=O) groups excluding carboxylic acids is 1. The van der Waals surface area contributed by atoms with Crippen molar-refractivity contribution in [2.45, 2.75) is 25.2 Å². The molecule has 0 unspecified atom stereocenters. The number of nitrogens with one attached hydrogen (secondary N) is 1. The van der Waals surface area contributed by atoms with E-state index in [1.165, 1.54) is 11.3 Å². The number of hydrogen-bond acceptors (Lipinski definition) is 6. The average molecular weight is 345 g/mol. The van der Waals surface area contributed by atoms with E-state index in [1.807, 2.05) is 0 Å². The molecule has 1 aromatic carbocycles. The number of allylic oxidation sites excluding steroid dienone is 1. The lowest BCUT2D eigenvalue weighted by molar-refractivity contribution is 0.102. The van der Waals surface area contributed by atoms with Crippen LogP contribution in [0.1, 0.15) is 39.7 Å². The van der Waals surface area contributed by atoms with Crippen LogP contribution in [0, 0.1) is 0 Å². The Balaban J connectivity index is 1.84. The maximum Gasteiger partial charge on any atom is 0.257 e. The van der Waals surface area contributed by atoms with Gasteiger partial charge < -0.3 is 9.47 Å². The van der Waals surface area contributed by atoms with Crippen molar-refractivity contribution in [3.8, 4) is 11.5 Å². The summed E-state index contributed by atoms with van der Waals surface area (Å²) < 4.78 is 10.7. The van der Waals surface area contributed by atoms with Gasteiger partial charge >= 0.3 is 0 Å². The van der Waals surface area contributed by atoms with Gasteiger partial charge in [-0.1, -0.05) is 17.4 Å². The summed E-state index contributed by atoms with van der Waals surface area (Å²) in [5.74, 6) is 1.40. The van der Waals surface area contributed by atoms with E-state index in [4.69, 9.17) is 9.47 Å². The molecule has 1 aliphatic carbocycles. The topological polar surface area (TPSA) is 73.3 Å². The van der Waals surface area contributed by atoms with E-state index in [9.17, 15) is 4.79 Å². The van der Waals surface area contributed by atoms with Gasteiger partial charge in [0.25, 0.3) is 5.91 Å². The summed E-state index contributed by atoms with van der Waals surface area (Å²) in [5.41, 5.74) is 1.32. The van der Waals surface area contributed by atoms with Gasteiger partial charge in [0.15, 0.2) is 11.5 Å². The van der Waals surface area contributed by atoms with Gasteiger partial charge in [-0.2, -0.15) is 0 Å². The van der Waals surface area contributed by atoms with Gasteiger partial charge in [0.1, 0.15) is 5.01 Å². The van der Waals surface area contributed by atoms with E-state index >= 15 is 0 Å². The fourth-order valence-corrected chi connectivity index (χ4v) is 3.34. The van der Waals surface area contributed by atoms with Gasteiger partial charge in [0.2, 0.25) is 5.13 Å². The third-order valence-corrected chi connectivity index (χ3v) is 4.77. The molecule has 126 valence electrons. The highest BCUT2D eigenvalue weighted by Gasteiger charge is 2.28. The van der Waals surface area contributed by atoms with Crippen LogP contribution in [0.15, 0.2) is 24.8 Å². The smallest absolute Gasteiger partial charge is 0.257 e. The molecule has 0 spiro atoms. The third-order valence-electron chi connectivity index (χ3n) is 3.77. The first kappa shape index (κ1) is 16.4. The maximum absolute atomic E-state index is 12.5. The Bertz CT molecular complexity index is 768. The highest BCUT2D eigenvalue weighted by Crippen LogP contribution is 2.42.